The van der Waals surface area contributed by atoms with Crippen molar-refractivity contribution in [1.82, 2.24) is 19.5 Å². The topological polar surface area (TPSA) is 88.1 Å². The van der Waals surface area contributed by atoms with Crippen molar-refractivity contribution < 1.29 is 13.2 Å². The lowest BCUT2D eigenvalue weighted by atomic mass is 10.0. The minimum atomic E-state index is -2.25. The number of aromatic nitrogens is 4. The van der Waals surface area contributed by atoms with Crippen molar-refractivity contribution in [1.29, 1.82) is 0 Å². The number of halogens is 2. The van der Waals surface area contributed by atoms with Gasteiger partial charge in [-0.05, 0) is 48.6 Å². The van der Waals surface area contributed by atoms with Crippen molar-refractivity contribution in [3.8, 4) is 0 Å². The van der Waals surface area contributed by atoms with Crippen LogP contribution >= 0.6 is 11.6 Å². The molecule has 4 rings (SSSR count). The molecule has 0 radical (unpaired) electrons. The summed E-state index contributed by atoms with van der Waals surface area (Å²) in [7, 11) is -4.27. The highest BCUT2D eigenvalue weighted by Gasteiger charge is 2.74. The number of imidazole rings is 1. The number of nitrogen functional groups attached to an aromatic ring is 1. The third-order valence-corrected chi connectivity index (χ3v) is 18.4. The van der Waals surface area contributed by atoms with Crippen molar-refractivity contribution in [2.45, 2.75) is 103 Å². The van der Waals surface area contributed by atoms with Gasteiger partial charge in [0.15, 0.2) is 27.4 Å². The summed E-state index contributed by atoms with van der Waals surface area (Å²) in [5.41, 5.74) is 6.41. The fraction of sp³-hybridized carbons (Fsp3) is 0.792. The Labute approximate surface area is 215 Å². The predicted molar refractivity (Wildman–Crippen MR) is 144 cm³/mol. The van der Waals surface area contributed by atoms with Crippen molar-refractivity contribution in [2.75, 3.05) is 12.3 Å². The number of fused-ring (bicyclic) bond motifs is 2. The van der Waals surface area contributed by atoms with E-state index in [1.807, 2.05) is 0 Å². The highest BCUT2D eigenvalue weighted by atomic mass is 35.5. The van der Waals surface area contributed by atoms with Crippen molar-refractivity contribution in [3.63, 3.8) is 0 Å². The second kappa shape index (κ2) is 8.21. The molecule has 0 spiro atoms. The number of hydrogen-bond acceptors (Lipinski definition) is 6. The molecular weight excluding hydrogens is 501 g/mol. The molecule has 2 fully saturated rings. The maximum Gasteiger partial charge on any atom is 0.223 e. The summed E-state index contributed by atoms with van der Waals surface area (Å²) in [4.78, 5) is 12.8. The standard InChI is InChI=1S/C24H41ClFN5O2Si2/c1-22(2,3)34(7,8)32-12-24-11-14(24)17(15(26)18(24)33-35(9,10)23(4,5)6)31-13-28-16-19(25)29-21(27)30-20(16)31/h13-15,17-18H,11-12H2,1-10H3,(H2,27,29,30)/t14-,15+,17-,18?,24+/m1/s1. The van der Waals surface area contributed by atoms with Crippen LogP contribution in [0.1, 0.15) is 54.0 Å². The average Bonchev–Trinajstić information content (AvgIpc) is 3.17. The molecule has 1 unspecified atom stereocenters. The Kier molecular flexibility index (Phi) is 6.33. The minimum absolute atomic E-state index is 0.0342. The summed E-state index contributed by atoms with van der Waals surface area (Å²) in [6, 6.07) is -0.469. The van der Waals surface area contributed by atoms with Crippen LogP contribution in [-0.2, 0) is 8.85 Å². The third kappa shape index (κ3) is 4.37. The largest absolute Gasteiger partial charge is 0.416 e. The summed E-state index contributed by atoms with van der Waals surface area (Å²) in [6.45, 7) is 22.6. The van der Waals surface area contributed by atoms with E-state index in [1.165, 1.54) is 0 Å². The van der Waals surface area contributed by atoms with Crippen LogP contribution in [0.2, 0.25) is 41.4 Å². The van der Waals surface area contributed by atoms with E-state index in [9.17, 15) is 0 Å². The highest BCUT2D eigenvalue weighted by molar-refractivity contribution is 6.74. The van der Waals surface area contributed by atoms with Gasteiger partial charge in [0, 0.05) is 12.0 Å². The summed E-state index contributed by atoms with van der Waals surface area (Å²) in [6.07, 6.45) is 0.697. The molecule has 0 aromatic carbocycles. The first-order chi connectivity index (χ1) is 15.8. The third-order valence-electron chi connectivity index (χ3n) is 9.23. The molecule has 2 heterocycles. The second-order valence-corrected chi connectivity index (χ2v) is 23.4. The molecule has 2 aliphatic rings. The van der Waals surface area contributed by atoms with Crippen LogP contribution < -0.4 is 5.73 Å². The fourth-order valence-corrected chi connectivity index (χ4v) is 7.41. The molecule has 2 saturated carbocycles. The van der Waals surface area contributed by atoms with E-state index in [-0.39, 0.29) is 32.5 Å². The Morgan fingerprint density at radius 3 is 2.29 bits per heavy atom. The van der Waals surface area contributed by atoms with Crippen molar-refractivity contribution >= 4 is 45.3 Å². The van der Waals surface area contributed by atoms with E-state index in [4.69, 9.17) is 26.2 Å². The van der Waals surface area contributed by atoms with E-state index in [1.54, 1.807) is 10.9 Å². The molecule has 2 aliphatic carbocycles. The zero-order valence-corrected chi connectivity index (χ0v) is 25.5. The normalized spacial score (nSPS) is 29.6. The van der Waals surface area contributed by atoms with Crippen molar-refractivity contribution in [2.24, 2.45) is 11.3 Å². The van der Waals surface area contributed by atoms with E-state index >= 15 is 4.39 Å². The Hall–Kier alpha value is -1.08. The minimum Gasteiger partial charge on any atom is -0.416 e. The quantitative estimate of drug-likeness (QED) is 0.337. The van der Waals surface area contributed by atoms with Gasteiger partial charge in [-0.1, -0.05) is 53.1 Å². The molecule has 0 aliphatic heterocycles. The molecule has 2 aromatic heterocycles. The highest BCUT2D eigenvalue weighted by Crippen LogP contribution is 2.70. The molecular formula is C24H41ClFN5O2Si2. The molecule has 2 aromatic rings. The molecule has 0 saturated heterocycles. The van der Waals surface area contributed by atoms with Crippen molar-refractivity contribution in [3.05, 3.63) is 11.5 Å². The van der Waals surface area contributed by atoms with E-state index in [2.05, 4.69) is 82.7 Å². The maximum absolute atomic E-state index is 16.5. The van der Waals surface area contributed by atoms with Crippen LogP contribution in [0.5, 0.6) is 0 Å². The Balaban J connectivity index is 1.74. The van der Waals surface area contributed by atoms with Crippen LogP contribution in [0, 0.1) is 11.3 Å². The van der Waals surface area contributed by atoms with Gasteiger partial charge in [0.25, 0.3) is 0 Å². The Bertz CT molecular complexity index is 1130. The van der Waals surface area contributed by atoms with Gasteiger partial charge in [-0.2, -0.15) is 9.97 Å². The maximum atomic E-state index is 16.5. The smallest absolute Gasteiger partial charge is 0.223 e. The number of nitrogens with two attached hydrogens (primary N) is 1. The molecule has 7 nitrogen and oxygen atoms in total. The first kappa shape index (κ1) is 27.0. The van der Waals surface area contributed by atoms with Gasteiger partial charge in [-0.25, -0.2) is 9.37 Å². The fourth-order valence-electron chi connectivity index (χ4n) is 4.78. The lowest BCUT2D eigenvalue weighted by Gasteiger charge is -2.43. The van der Waals surface area contributed by atoms with Gasteiger partial charge < -0.3 is 19.2 Å². The molecule has 2 N–H and O–H groups in total. The first-order valence-corrected chi connectivity index (χ1v) is 18.6. The predicted octanol–water partition coefficient (Wildman–Crippen LogP) is 6.37. The number of nitrogens with zero attached hydrogens (tertiary/aromatic N) is 4. The molecule has 35 heavy (non-hydrogen) atoms. The summed E-state index contributed by atoms with van der Waals surface area (Å²) < 4.78 is 31.9. The van der Waals surface area contributed by atoms with Crippen LogP contribution in [0.3, 0.4) is 0 Å². The van der Waals surface area contributed by atoms with Crippen LogP contribution in [0.25, 0.3) is 11.2 Å². The van der Waals surface area contributed by atoms with E-state index in [0.29, 0.717) is 17.8 Å². The molecule has 0 bridgehead atoms. The van der Waals surface area contributed by atoms with E-state index < -0.39 is 35.0 Å². The number of rotatable bonds is 6. The van der Waals surface area contributed by atoms with Gasteiger partial charge in [0.2, 0.25) is 5.95 Å². The second-order valence-electron chi connectivity index (χ2n) is 13.5. The van der Waals surface area contributed by atoms with Gasteiger partial charge in [-0.15, -0.1) is 0 Å². The van der Waals surface area contributed by atoms with Gasteiger partial charge in [0.05, 0.1) is 18.5 Å². The first-order valence-electron chi connectivity index (χ1n) is 12.4. The number of alkyl halides is 1. The van der Waals surface area contributed by atoms with Gasteiger partial charge in [0.1, 0.15) is 11.7 Å². The monoisotopic (exact) mass is 541 g/mol. The average molecular weight is 542 g/mol. The lowest BCUT2D eigenvalue weighted by molar-refractivity contribution is 0.0205. The van der Waals surface area contributed by atoms with E-state index in [0.717, 1.165) is 6.42 Å². The lowest BCUT2D eigenvalue weighted by Crippen LogP contribution is -2.50. The SMILES string of the molecule is CC(C)(C)[Si](C)(C)OC[C@@]12C[C@@H]1[C@@H](n1cnc3c(Cl)nc(N)nc31)[C@H](F)C2O[Si](C)(C)C(C)(C)C. The Morgan fingerprint density at radius 1 is 1.11 bits per heavy atom. The van der Waals surface area contributed by atoms with Gasteiger partial charge >= 0.3 is 0 Å². The van der Waals surface area contributed by atoms with Crippen LogP contribution in [0.4, 0.5) is 10.3 Å². The summed E-state index contributed by atoms with van der Waals surface area (Å²) in [5.74, 6) is 0.111. The molecule has 196 valence electrons. The number of hydrogen-bond donors (Lipinski definition) is 1. The molecule has 5 atom stereocenters. The Morgan fingerprint density at radius 2 is 1.71 bits per heavy atom. The van der Waals surface area contributed by atoms with Crippen LogP contribution in [-0.4, -0.2) is 55.0 Å². The number of anilines is 1. The van der Waals surface area contributed by atoms with Gasteiger partial charge in [-0.3, -0.25) is 0 Å². The molecule has 11 heteroatoms. The zero-order valence-electron chi connectivity index (χ0n) is 22.7. The summed E-state index contributed by atoms with van der Waals surface area (Å²) >= 11 is 6.27. The molecule has 0 amide bonds. The zero-order chi connectivity index (χ0) is 26.4. The summed E-state index contributed by atoms with van der Waals surface area (Å²) in [5, 5.41) is 0.216. The van der Waals surface area contributed by atoms with Crippen LogP contribution in [0.15, 0.2) is 6.33 Å².